The van der Waals surface area contributed by atoms with Crippen molar-refractivity contribution in [2.75, 3.05) is 0 Å². The molecule has 0 saturated carbocycles. The number of nitrogens with zero attached hydrogens (tertiary/aromatic N) is 3. The molecule has 4 aromatic rings. The molecule has 2 saturated heterocycles. The van der Waals surface area contributed by atoms with Crippen LogP contribution in [0.15, 0.2) is 47.2 Å². The largest absolute Gasteiger partial charge is 0.463 e. The molecule has 0 aliphatic carbocycles. The van der Waals surface area contributed by atoms with Crippen LogP contribution in [-0.2, 0) is 4.79 Å². The Bertz CT molecular complexity index is 1330. The third-order valence-corrected chi connectivity index (χ3v) is 7.39. The number of benzene rings is 1. The zero-order valence-electron chi connectivity index (χ0n) is 18.0. The molecule has 168 valence electrons. The number of piperidine rings is 1. The van der Waals surface area contributed by atoms with Gasteiger partial charge in [0.2, 0.25) is 5.91 Å². The SMILES string of the molecule is CC(=O)N[C@H]1C[C@H]2CC[C@@H](C1)N2C(=O)c1coc2cc(Oc3nc4ncccc4s3)ccc12. The van der Waals surface area contributed by atoms with Crippen LogP contribution in [0.5, 0.6) is 10.9 Å². The second-order valence-electron chi connectivity index (χ2n) is 8.68. The van der Waals surface area contributed by atoms with Crippen molar-refractivity contribution in [2.24, 2.45) is 0 Å². The van der Waals surface area contributed by atoms with E-state index in [2.05, 4.69) is 15.3 Å². The number of amides is 2. The summed E-state index contributed by atoms with van der Waals surface area (Å²) in [5.74, 6) is 0.569. The highest BCUT2D eigenvalue weighted by atomic mass is 32.1. The molecule has 2 aliphatic heterocycles. The number of nitrogens with one attached hydrogen (secondary N) is 1. The Hall–Kier alpha value is -3.46. The van der Waals surface area contributed by atoms with Gasteiger partial charge >= 0.3 is 0 Å². The Kier molecular flexibility index (Phi) is 4.79. The highest BCUT2D eigenvalue weighted by molar-refractivity contribution is 7.20. The molecule has 2 bridgehead atoms. The zero-order chi connectivity index (χ0) is 22.5. The topological polar surface area (TPSA) is 97.6 Å². The van der Waals surface area contributed by atoms with Crippen LogP contribution in [0, 0.1) is 0 Å². The first-order valence-electron chi connectivity index (χ1n) is 11.1. The van der Waals surface area contributed by atoms with E-state index < -0.39 is 0 Å². The van der Waals surface area contributed by atoms with Crippen molar-refractivity contribution in [3.8, 4) is 10.9 Å². The van der Waals surface area contributed by atoms with Crippen LogP contribution >= 0.6 is 11.3 Å². The lowest BCUT2D eigenvalue weighted by Gasteiger charge is -2.39. The number of hydrogen-bond donors (Lipinski definition) is 1. The third kappa shape index (κ3) is 3.62. The van der Waals surface area contributed by atoms with E-state index in [0.717, 1.165) is 35.8 Å². The van der Waals surface area contributed by atoms with Gasteiger partial charge in [-0.05, 0) is 49.9 Å². The fourth-order valence-electron chi connectivity index (χ4n) is 5.18. The summed E-state index contributed by atoms with van der Waals surface area (Å²) >= 11 is 1.42. The van der Waals surface area contributed by atoms with Crippen molar-refractivity contribution in [1.29, 1.82) is 0 Å². The number of ether oxygens (including phenoxy) is 1. The van der Waals surface area contributed by atoms with E-state index in [1.165, 1.54) is 17.6 Å². The lowest BCUT2D eigenvalue weighted by molar-refractivity contribution is -0.120. The smallest absolute Gasteiger partial charge is 0.281 e. The number of hydrogen-bond acceptors (Lipinski definition) is 7. The number of fused-ring (bicyclic) bond motifs is 4. The number of pyridine rings is 1. The van der Waals surface area contributed by atoms with E-state index in [4.69, 9.17) is 9.15 Å². The van der Waals surface area contributed by atoms with Crippen molar-refractivity contribution in [3.05, 3.63) is 48.4 Å². The van der Waals surface area contributed by atoms with Gasteiger partial charge in [0.25, 0.3) is 11.1 Å². The van der Waals surface area contributed by atoms with Crippen LogP contribution in [0.4, 0.5) is 0 Å². The van der Waals surface area contributed by atoms with Crippen molar-refractivity contribution in [3.63, 3.8) is 0 Å². The predicted molar refractivity (Wildman–Crippen MR) is 124 cm³/mol. The van der Waals surface area contributed by atoms with Crippen LogP contribution in [-0.4, -0.2) is 44.8 Å². The standard InChI is InChI=1S/C24H22N4O4S/c1-13(29)26-14-9-15-4-5-16(10-14)28(15)23(30)19-12-31-20-11-17(6-7-18(19)20)32-24-27-22-21(33-24)3-2-8-25-22/h2-3,6-8,11-12,14-16H,4-5,9-10H2,1H3,(H,26,29)/t14-,15+,16-. The van der Waals surface area contributed by atoms with Crippen LogP contribution in [0.25, 0.3) is 21.3 Å². The van der Waals surface area contributed by atoms with Gasteiger partial charge in [-0.25, -0.2) is 4.98 Å². The second-order valence-corrected chi connectivity index (χ2v) is 9.67. The first-order valence-corrected chi connectivity index (χ1v) is 11.9. The minimum atomic E-state index is -0.0138. The van der Waals surface area contributed by atoms with Gasteiger partial charge in [-0.2, -0.15) is 4.98 Å². The summed E-state index contributed by atoms with van der Waals surface area (Å²) in [7, 11) is 0. The Morgan fingerprint density at radius 1 is 1.21 bits per heavy atom. The summed E-state index contributed by atoms with van der Waals surface area (Å²) in [6.07, 6.45) is 6.78. The van der Waals surface area contributed by atoms with Gasteiger partial charge < -0.3 is 19.4 Å². The average molecular weight is 463 g/mol. The molecule has 2 amide bonds. The van der Waals surface area contributed by atoms with Gasteiger partial charge in [0.05, 0.1) is 10.3 Å². The number of furan rings is 1. The van der Waals surface area contributed by atoms with E-state index in [-0.39, 0.29) is 29.9 Å². The molecule has 2 fully saturated rings. The highest BCUT2D eigenvalue weighted by Gasteiger charge is 2.44. The minimum Gasteiger partial charge on any atom is -0.463 e. The Labute approximate surface area is 193 Å². The molecule has 33 heavy (non-hydrogen) atoms. The van der Waals surface area contributed by atoms with Crippen molar-refractivity contribution in [2.45, 2.75) is 50.7 Å². The summed E-state index contributed by atoms with van der Waals surface area (Å²) in [6.45, 7) is 1.54. The number of aromatic nitrogens is 2. The third-order valence-electron chi connectivity index (χ3n) is 6.50. The second kappa shape index (κ2) is 7.84. The van der Waals surface area contributed by atoms with Crippen molar-refractivity contribution in [1.82, 2.24) is 20.2 Å². The number of carbonyl (C=O) groups is 2. The van der Waals surface area contributed by atoms with E-state index in [0.29, 0.717) is 27.7 Å². The quantitative estimate of drug-likeness (QED) is 0.480. The normalized spacial score (nSPS) is 22.1. The monoisotopic (exact) mass is 462 g/mol. The van der Waals surface area contributed by atoms with Crippen molar-refractivity contribution < 1.29 is 18.7 Å². The maximum absolute atomic E-state index is 13.5. The molecule has 1 N–H and O–H groups in total. The van der Waals surface area contributed by atoms with Crippen LogP contribution in [0.2, 0.25) is 0 Å². The molecule has 1 aromatic carbocycles. The molecular weight excluding hydrogens is 440 g/mol. The molecule has 6 rings (SSSR count). The fourth-order valence-corrected chi connectivity index (χ4v) is 5.98. The minimum absolute atomic E-state index is 0.00607. The van der Waals surface area contributed by atoms with Crippen LogP contribution in [0.3, 0.4) is 0 Å². The first-order chi connectivity index (χ1) is 16.0. The van der Waals surface area contributed by atoms with Crippen LogP contribution in [0.1, 0.15) is 43.0 Å². The molecule has 8 nitrogen and oxygen atoms in total. The molecular formula is C24H22N4O4S. The molecule has 3 aromatic heterocycles. The van der Waals surface area contributed by atoms with E-state index in [1.807, 2.05) is 29.2 Å². The molecule has 0 unspecified atom stereocenters. The fraction of sp³-hybridized carbons (Fsp3) is 0.333. The number of carbonyl (C=O) groups excluding carboxylic acids is 2. The number of thiazole rings is 1. The van der Waals surface area contributed by atoms with Gasteiger partial charge in [-0.1, -0.05) is 11.3 Å². The van der Waals surface area contributed by atoms with Gasteiger partial charge in [0.1, 0.15) is 17.6 Å². The Morgan fingerprint density at radius 3 is 2.79 bits per heavy atom. The zero-order valence-corrected chi connectivity index (χ0v) is 18.8. The van der Waals surface area contributed by atoms with E-state index in [1.54, 1.807) is 19.2 Å². The highest BCUT2D eigenvalue weighted by Crippen LogP contribution is 2.39. The van der Waals surface area contributed by atoms with E-state index in [9.17, 15) is 9.59 Å². The van der Waals surface area contributed by atoms with Gasteiger partial charge in [-0.15, -0.1) is 0 Å². The van der Waals surface area contributed by atoms with Gasteiger partial charge in [-0.3, -0.25) is 9.59 Å². The molecule has 0 spiro atoms. The predicted octanol–water partition coefficient (Wildman–Crippen LogP) is 4.50. The summed E-state index contributed by atoms with van der Waals surface area (Å²) < 4.78 is 12.6. The van der Waals surface area contributed by atoms with Crippen LogP contribution < -0.4 is 10.1 Å². The Morgan fingerprint density at radius 2 is 2.03 bits per heavy atom. The summed E-state index contributed by atoms with van der Waals surface area (Å²) in [5, 5.41) is 4.29. The molecule has 0 radical (unpaired) electrons. The average Bonchev–Trinajstić information content (AvgIpc) is 3.46. The van der Waals surface area contributed by atoms with Gasteiger partial charge in [0.15, 0.2) is 5.65 Å². The maximum atomic E-state index is 13.5. The Balaban J connectivity index is 1.23. The van der Waals surface area contributed by atoms with Crippen molar-refractivity contribution >= 4 is 44.5 Å². The van der Waals surface area contributed by atoms with Gasteiger partial charge in [0, 0.05) is 42.7 Å². The molecule has 9 heteroatoms. The molecule has 5 heterocycles. The first kappa shape index (κ1) is 20.2. The summed E-state index contributed by atoms with van der Waals surface area (Å²) in [4.78, 5) is 35.6. The lowest BCUT2D eigenvalue weighted by atomic mass is 9.96. The molecule has 2 aliphatic rings. The maximum Gasteiger partial charge on any atom is 0.281 e. The van der Waals surface area contributed by atoms with E-state index >= 15 is 0 Å². The molecule has 3 atom stereocenters. The lowest BCUT2D eigenvalue weighted by Crippen LogP contribution is -2.52. The number of rotatable bonds is 4. The summed E-state index contributed by atoms with van der Waals surface area (Å²) in [5.41, 5.74) is 1.81. The summed E-state index contributed by atoms with van der Waals surface area (Å²) in [6, 6.07) is 9.72.